The van der Waals surface area contributed by atoms with E-state index in [2.05, 4.69) is 23.5 Å². The molecule has 0 aliphatic carbocycles. The zero-order chi connectivity index (χ0) is 21.4. The van der Waals surface area contributed by atoms with E-state index >= 15 is 0 Å². The summed E-state index contributed by atoms with van der Waals surface area (Å²) in [5, 5.41) is 0. The fraction of sp³-hybridized carbons (Fsp3) is 0.800. The Balaban J connectivity index is 4.47. The topological polar surface area (TPSA) is 90.0 Å². The highest BCUT2D eigenvalue weighted by Crippen LogP contribution is 2.14. The molecule has 0 aromatic carbocycles. The minimum absolute atomic E-state index is 0.116. The highest BCUT2D eigenvalue weighted by molar-refractivity contribution is 7.88. The van der Waals surface area contributed by atoms with Crippen LogP contribution >= 0.6 is 0 Å². The van der Waals surface area contributed by atoms with Gasteiger partial charge in [-0.2, -0.15) is 4.31 Å². The highest BCUT2D eigenvalue weighted by Gasteiger charge is 2.17. The van der Waals surface area contributed by atoms with Crippen LogP contribution < -0.4 is 0 Å². The second-order valence-electron chi connectivity index (χ2n) is 6.75. The van der Waals surface area contributed by atoms with Gasteiger partial charge in [0.1, 0.15) is 6.10 Å². The van der Waals surface area contributed by atoms with E-state index < -0.39 is 10.0 Å². The van der Waals surface area contributed by atoms with Crippen LogP contribution in [0.2, 0.25) is 0 Å². The minimum Gasteiger partial charge on any atom is -0.469 e. The number of carbonyl (C=O) groups excluding carboxylic acids is 2. The molecule has 0 unspecified atom stereocenters. The van der Waals surface area contributed by atoms with Crippen LogP contribution in [0.25, 0.3) is 0 Å². The number of hydrogen-bond acceptors (Lipinski definition) is 6. The molecule has 0 bridgehead atoms. The number of unbranched alkanes of at least 4 members (excludes halogenated alkanes) is 3. The molecule has 0 amide bonds. The van der Waals surface area contributed by atoms with Crippen molar-refractivity contribution in [1.29, 1.82) is 0 Å². The van der Waals surface area contributed by atoms with Gasteiger partial charge in [-0.1, -0.05) is 25.7 Å². The second kappa shape index (κ2) is 15.3. The maximum Gasteiger partial charge on any atom is 0.305 e. The average Bonchev–Trinajstić information content (AvgIpc) is 2.61. The normalized spacial score (nSPS) is 12.2. The number of carbonyl (C=O) groups is 2. The Bertz CT molecular complexity index is 620. The molecule has 0 rings (SSSR count). The van der Waals surface area contributed by atoms with Crippen molar-refractivity contribution in [2.75, 3.05) is 26.5 Å². The largest absolute Gasteiger partial charge is 0.469 e. The summed E-state index contributed by atoms with van der Waals surface area (Å²) in [6.45, 7) is 3.96. The van der Waals surface area contributed by atoms with Crippen LogP contribution in [0.4, 0.5) is 0 Å². The number of esters is 2. The first-order valence-corrected chi connectivity index (χ1v) is 11.7. The minimum atomic E-state index is -3.37. The standard InChI is InChI=1S/C20H35NO6S/c1-5-6-9-13-19(27-18(2)22)14-12-17-21(28(4,24)25)16-11-8-7-10-15-20(23)26-3/h19H,5-7,9-10,12-17H2,1-4H3/t19-/m1/s1. The van der Waals surface area contributed by atoms with Crippen LogP contribution in [0.1, 0.15) is 71.6 Å². The quantitative estimate of drug-likeness (QED) is 0.245. The van der Waals surface area contributed by atoms with Gasteiger partial charge in [0.25, 0.3) is 0 Å². The predicted molar refractivity (Wildman–Crippen MR) is 109 cm³/mol. The summed E-state index contributed by atoms with van der Waals surface area (Å²) in [7, 11) is -2.03. The smallest absolute Gasteiger partial charge is 0.305 e. The Labute approximate surface area is 170 Å². The van der Waals surface area contributed by atoms with Crippen molar-refractivity contribution in [3.05, 3.63) is 0 Å². The lowest BCUT2D eigenvalue weighted by Crippen LogP contribution is -2.32. The molecule has 7 nitrogen and oxygen atoms in total. The molecule has 0 fully saturated rings. The molecule has 8 heteroatoms. The maximum absolute atomic E-state index is 12.0. The van der Waals surface area contributed by atoms with Gasteiger partial charge >= 0.3 is 11.9 Å². The molecule has 0 saturated carbocycles. The number of nitrogens with zero attached hydrogens (tertiary/aromatic N) is 1. The molecule has 1 atom stereocenters. The van der Waals surface area contributed by atoms with Crippen molar-refractivity contribution in [2.24, 2.45) is 0 Å². The number of hydrogen-bond donors (Lipinski definition) is 0. The van der Waals surface area contributed by atoms with Crippen molar-refractivity contribution in [1.82, 2.24) is 4.31 Å². The molecule has 0 heterocycles. The van der Waals surface area contributed by atoms with E-state index in [1.165, 1.54) is 18.3 Å². The lowest BCUT2D eigenvalue weighted by atomic mass is 10.1. The lowest BCUT2D eigenvalue weighted by molar-refractivity contribution is -0.147. The van der Waals surface area contributed by atoms with Gasteiger partial charge in [0, 0.05) is 26.3 Å². The van der Waals surface area contributed by atoms with Crippen molar-refractivity contribution in [3.63, 3.8) is 0 Å². The maximum atomic E-state index is 12.0. The summed E-state index contributed by atoms with van der Waals surface area (Å²) in [6, 6.07) is 0. The van der Waals surface area contributed by atoms with E-state index in [0.29, 0.717) is 38.6 Å². The molecule has 28 heavy (non-hydrogen) atoms. The first-order chi connectivity index (χ1) is 13.2. The van der Waals surface area contributed by atoms with Crippen LogP contribution in [0.5, 0.6) is 0 Å². The Morgan fingerprint density at radius 1 is 1.07 bits per heavy atom. The third kappa shape index (κ3) is 14.5. The van der Waals surface area contributed by atoms with Gasteiger partial charge in [0.2, 0.25) is 10.0 Å². The van der Waals surface area contributed by atoms with Crippen molar-refractivity contribution in [3.8, 4) is 11.8 Å². The Morgan fingerprint density at radius 2 is 1.75 bits per heavy atom. The van der Waals surface area contributed by atoms with Gasteiger partial charge < -0.3 is 9.47 Å². The van der Waals surface area contributed by atoms with E-state index in [9.17, 15) is 18.0 Å². The lowest BCUT2D eigenvalue weighted by Gasteiger charge is -2.20. The molecular formula is C20H35NO6S. The summed E-state index contributed by atoms with van der Waals surface area (Å²) in [5.74, 6) is 5.17. The molecule has 0 aliphatic rings. The fourth-order valence-corrected chi connectivity index (χ4v) is 3.39. The Morgan fingerprint density at radius 3 is 2.32 bits per heavy atom. The molecule has 0 saturated heterocycles. The number of sulfonamides is 1. The monoisotopic (exact) mass is 417 g/mol. The Kier molecular flexibility index (Phi) is 14.5. The van der Waals surface area contributed by atoms with Gasteiger partial charge in [0.05, 0.1) is 19.9 Å². The van der Waals surface area contributed by atoms with Crippen LogP contribution in [-0.2, 0) is 29.1 Å². The molecular weight excluding hydrogens is 382 g/mol. The summed E-state index contributed by atoms with van der Waals surface area (Å²) in [5.41, 5.74) is 0. The van der Waals surface area contributed by atoms with Gasteiger partial charge in [-0.3, -0.25) is 9.59 Å². The summed E-state index contributed by atoms with van der Waals surface area (Å²) < 4.78 is 35.1. The summed E-state index contributed by atoms with van der Waals surface area (Å²) in [6.07, 6.45) is 7.57. The predicted octanol–water partition coefficient (Wildman–Crippen LogP) is 2.89. The fourth-order valence-electron chi connectivity index (χ4n) is 2.63. The van der Waals surface area contributed by atoms with E-state index in [0.717, 1.165) is 31.9 Å². The van der Waals surface area contributed by atoms with Gasteiger partial charge in [-0.15, -0.1) is 5.92 Å². The third-order valence-electron chi connectivity index (χ3n) is 4.16. The number of rotatable bonds is 14. The van der Waals surface area contributed by atoms with Crippen molar-refractivity contribution in [2.45, 2.75) is 77.7 Å². The van der Waals surface area contributed by atoms with E-state index in [-0.39, 0.29) is 24.6 Å². The zero-order valence-corrected chi connectivity index (χ0v) is 18.5. The average molecular weight is 418 g/mol. The first kappa shape index (κ1) is 26.4. The van der Waals surface area contributed by atoms with Crippen LogP contribution in [0, 0.1) is 11.8 Å². The van der Waals surface area contributed by atoms with Crippen molar-refractivity contribution >= 4 is 22.0 Å². The molecule has 0 spiro atoms. The van der Waals surface area contributed by atoms with Crippen LogP contribution in [0.15, 0.2) is 0 Å². The number of ether oxygens (including phenoxy) is 2. The van der Waals surface area contributed by atoms with Gasteiger partial charge in [-0.25, -0.2) is 8.42 Å². The van der Waals surface area contributed by atoms with E-state index in [4.69, 9.17) is 4.74 Å². The first-order valence-electron chi connectivity index (χ1n) is 9.85. The molecule has 0 radical (unpaired) electrons. The van der Waals surface area contributed by atoms with Crippen LogP contribution in [0.3, 0.4) is 0 Å². The molecule has 162 valence electrons. The van der Waals surface area contributed by atoms with Crippen LogP contribution in [-0.4, -0.2) is 57.2 Å². The van der Waals surface area contributed by atoms with Crippen molar-refractivity contribution < 1.29 is 27.5 Å². The zero-order valence-electron chi connectivity index (χ0n) is 17.7. The number of methoxy groups -OCH3 is 1. The highest BCUT2D eigenvalue weighted by atomic mass is 32.2. The molecule has 0 aromatic heterocycles. The molecule has 0 aliphatic heterocycles. The Hall–Kier alpha value is -1.59. The molecule has 0 N–H and O–H groups in total. The van der Waals surface area contributed by atoms with Gasteiger partial charge in [0.15, 0.2) is 0 Å². The van der Waals surface area contributed by atoms with E-state index in [1.54, 1.807) is 0 Å². The third-order valence-corrected chi connectivity index (χ3v) is 5.41. The second-order valence-corrected chi connectivity index (χ2v) is 8.73. The summed E-state index contributed by atoms with van der Waals surface area (Å²) >= 11 is 0. The van der Waals surface area contributed by atoms with Gasteiger partial charge in [-0.05, 0) is 32.1 Å². The summed E-state index contributed by atoms with van der Waals surface area (Å²) in [4.78, 5) is 22.3. The molecule has 0 aromatic rings. The van der Waals surface area contributed by atoms with E-state index in [1.807, 2.05) is 0 Å². The SMILES string of the molecule is CCCCC[C@H](CCCN(CC#CCCCC(=O)OC)S(C)(=O)=O)OC(C)=O.